The molecule has 1 unspecified atom stereocenters. The lowest BCUT2D eigenvalue weighted by Crippen LogP contribution is -2.44. The molecule has 1 aromatic carbocycles. The van der Waals surface area contributed by atoms with E-state index >= 15 is 0 Å². The first kappa shape index (κ1) is 17.8. The van der Waals surface area contributed by atoms with Crippen molar-refractivity contribution in [3.63, 3.8) is 0 Å². The first-order valence-electron chi connectivity index (χ1n) is 7.77. The summed E-state index contributed by atoms with van der Waals surface area (Å²) >= 11 is 0. The van der Waals surface area contributed by atoms with Crippen LogP contribution in [0.1, 0.15) is 18.4 Å². The van der Waals surface area contributed by atoms with Crippen LogP contribution in [0.5, 0.6) is 11.5 Å². The monoisotopic (exact) mass is 342 g/mol. The molecule has 0 radical (unpaired) electrons. The second-order valence-corrected chi connectivity index (χ2v) is 5.54. The van der Waals surface area contributed by atoms with E-state index in [9.17, 15) is 4.79 Å². The van der Waals surface area contributed by atoms with Crippen molar-refractivity contribution in [1.82, 2.24) is 10.6 Å². The van der Waals surface area contributed by atoms with Gasteiger partial charge in [-0.2, -0.15) is 0 Å². The molecule has 2 aliphatic heterocycles. The van der Waals surface area contributed by atoms with Gasteiger partial charge in [-0.1, -0.05) is 6.07 Å². The summed E-state index contributed by atoms with van der Waals surface area (Å²) < 4.78 is 16.6. The predicted molar refractivity (Wildman–Crippen MR) is 88.4 cm³/mol. The maximum absolute atomic E-state index is 12.0. The molecule has 1 aromatic rings. The van der Waals surface area contributed by atoms with Crippen LogP contribution in [0, 0.1) is 0 Å². The molecule has 1 fully saturated rings. The van der Waals surface area contributed by atoms with Crippen LogP contribution < -0.4 is 20.1 Å². The minimum absolute atomic E-state index is 0. The maximum Gasteiger partial charge on any atom is 0.221 e. The third-order valence-corrected chi connectivity index (χ3v) is 3.73. The number of carbonyl (C=O) groups is 1. The molecule has 0 saturated carbocycles. The minimum atomic E-state index is 0. The van der Waals surface area contributed by atoms with Gasteiger partial charge in [-0.3, -0.25) is 4.79 Å². The number of benzene rings is 1. The van der Waals surface area contributed by atoms with E-state index in [1.165, 1.54) is 0 Å². The summed E-state index contributed by atoms with van der Waals surface area (Å²) in [5.74, 6) is 1.55. The van der Waals surface area contributed by atoms with Gasteiger partial charge >= 0.3 is 0 Å². The van der Waals surface area contributed by atoms with Crippen LogP contribution in [0.2, 0.25) is 0 Å². The number of ether oxygens (including phenoxy) is 3. The highest BCUT2D eigenvalue weighted by atomic mass is 35.5. The average Bonchev–Trinajstić information content (AvgIpc) is 2.78. The molecular formula is C16H23ClN2O4. The fourth-order valence-electron chi connectivity index (χ4n) is 2.57. The summed E-state index contributed by atoms with van der Waals surface area (Å²) in [6.07, 6.45) is 1.32. The molecule has 0 spiro atoms. The number of morpholine rings is 1. The molecule has 7 heteroatoms. The van der Waals surface area contributed by atoms with Gasteiger partial charge in [0.2, 0.25) is 5.91 Å². The van der Waals surface area contributed by atoms with Gasteiger partial charge in [0.05, 0.1) is 26.4 Å². The Morgan fingerprint density at radius 2 is 2.04 bits per heavy atom. The molecule has 6 nitrogen and oxygen atoms in total. The van der Waals surface area contributed by atoms with E-state index in [0.29, 0.717) is 32.8 Å². The van der Waals surface area contributed by atoms with Gasteiger partial charge in [0, 0.05) is 32.0 Å². The van der Waals surface area contributed by atoms with Crippen LogP contribution in [0.4, 0.5) is 0 Å². The molecule has 2 N–H and O–H groups in total. The Morgan fingerprint density at radius 1 is 1.22 bits per heavy atom. The fourth-order valence-corrected chi connectivity index (χ4v) is 2.57. The number of amides is 1. The van der Waals surface area contributed by atoms with E-state index in [4.69, 9.17) is 14.2 Å². The topological polar surface area (TPSA) is 68.8 Å². The van der Waals surface area contributed by atoms with Crippen molar-refractivity contribution < 1.29 is 19.0 Å². The lowest BCUT2D eigenvalue weighted by atomic mass is 10.1. The van der Waals surface area contributed by atoms with E-state index in [-0.39, 0.29) is 24.4 Å². The third-order valence-electron chi connectivity index (χ3n) is 3.73. The van der Waals surface area contributed by atoms with E-state index in [0.717, 1.165) is 36.6 Å². The van der Waals surface area contributed by atoms with Crippen molar-refractivity contribution in [3.05, 3.63) is 23.8 Å². The minimum Gasteiger partial charge on any atom is -0.490 e. The molecule has 128 valence electrons. The second-order valence-electron chi connectivity index (χ2n) is 5.54. The molecular weight excluding hydrogens is 320 g/mol. The quantitative estimate of drug-likeness (QED) is 0.862. The van der Waals surface area contributed by atoms with Gasteiger partial charge in [0.25, 0.3) is 0 Å². The van der Waals surface area contributed by atoms with Gasteiger partial charge in [-0.05, 0) is 17.7 Å². The highest BCUT2D eigenvalue weighted by Crippen LogP contribution is 2.30. The van der Waals surface area contributed by atoms with Gasteiger partial charge in [0.15, 0.2) is 11.5 Å². The Kier molecular flexibility index (Phi) is 6.95. The molecule has 1 atom stereocenters. The van der Waals surface area contributed by atoms with Gasteiger partial charge in [-0.25, -0.2) is 0 Å². The van der Waals surface area contributed by atoms with Crippen molar-refractivity contribution in [2.75, 3.05) is 33.0 Å². The second kappa shape index (κ2) is 8.96. The summed E-state index contributed by atoms with van der Waals surface area (Å²) in [7, 11) is 0. The molecule has 0 aliphatic carbocycles. The Hall–Kier alpha value is -1.50. The van der Waals surface area contributed by atoms with Gasteiger partial charge in [0.1, 0.15) is 0 Å². The first-order chi connectivity index (χ1) is 10.8. The number of rotatable bonds is 4. The lowest BCUT2D eigenvalue weighted by molar-refractivity contribution is -0.122. The van der Waals surface area contributed by atoms with Crippen LogP contribution in [0.15, 0.2) is 18.2 Å². The number of hydrogen-bond donors (Lipinski definition) is 2. The first-order valence-corrected chi connectivity index (χ1v) is 7.77. The molecule has 23 heavy (non-hydrogen) atoms. The number of carbonyl (C=O) groups excluding carboxylic acids is 1. The Bertz CT molecular complexity index is 521. The molecule has 1 amide bonds. The number of hydrogen-bond acceptors (Lipinski definition) is 5. The third kappa shape index (κ3) is 5.27. The Morgan fingerprint density at radius 3 is 2.83 bits per heavy atom. The highest BCUT2D eigenvalue weighted by Gasteiger charge is 2.17. The standard InChI is InChI=1S/C16H22N2O4.ClH/c19-16(9-13-11-20-7-4-17-13)18-10-12-2-3-14-15(8-12)22-6-1-5-21-14;/h2-3,8,13,17H,1,4-7,9-11H2,(H,18,19);1H. The molecule has 0 aromatic heterocycles. The summed E-state index contributed by atoms with van der Waals surface area (Å²) in [6, 6.07) is 5.90. The van der Waals surface area contributed by atoms with E-state index in [2.05, 4.69) is 10.6 Å². The number of halogens is 1. The van der Waals surface area contributed by atoms with Crippen LogP contribution >= 0.6 is 12.4 Å². The normalized spacial score (nSPS) is 20.1. The van der Waals surface area contributed by atoms with Gasteiger partial charge in [-0.15, -0.1) is 12.4 Å². The average molecular weight is 343 g/mol. The molecule has 1 saturated heterocycles. The van der Waals surface area contributed by atoms with Crippen molar-refractivity contribution >= 4 is 18.3 Å². The SMILES string of the molecule is Cl.O=C(CC1COCCN1)NCc1ccc2c(c1)OCCCO2. The summed E-state index contributed by atoms with van der Waals surface area (Å²) in [5, 5.41) is 6.21. The largest absolute Gasteiger partial charge is 0.490 e. The summed E-state index contributed by atoms with van der Waals surface area (Å²) in [4.78, 5) is 12.0. The summed E-state index contributed by atoms with van der Waals surface area (Å²) in [6.45, 7) is 3.95. The smallest absolute Gasteiger partial charge is 0.221 e. The molecule has 0 bridgehead atoms. The van der Waals surface area contributed by atoms with Crippen molar-refractivity contribution in [2.45, 2.75) is 25.4 Å². The van der Waals surface area contributed by atoms with Crippen LogP contribution in [-0.4, -0.2) is 44.9 Å². The van der Waals surface area contributed by atoms with Crippen LogP contribution in [0.3, 0.4) is 0 Å². The molecule has 2 heterocycles. The summed E-state index contributed by atoms with van der Waals surface area (Å²) in [5.41, 5.74) is 1.01. The number of fused-ring (bicyclic) bond motifs is 1. The predicted octanol–water partition coefficient (Wildman–Crippen LogP) is 1.26. The Balaban J connectivity index is 0.00000192. The zero-order chi connectivity index (χ0) is 15.2. The van der Waals surface area contributed by atoms with Gasteiger partial charge < -0.3 is 24.8 Å². The lowest BCUT2D eigenvalue weighted by Gasteiger charge is -2.23. The van der Waals surface area contributed by atoms with Crippen LogP contribution in [-0.2, 0) is 16.1 Å². The van der Waals surface area contributed by atoms with Crippen molar-refractivity contribution in [1.29, 1.82) is 0 Å². The zero-order valence-corrected chi connectivity index (χ0v) is 13.8. The molecule has 2 aliphatic rings. The Labute approximate surface area is 142 Å². The van der Waals surface area contributed by atoms with E-state index < -0.39 is 0 Å². The van der Waals surface area contributed by atoms with E-state index in [1.807, 2.05) is 18.2 Å². The fraction of sp³-hybridized carbons (Fsp3) is 0.562. The molecule has 3 rings (SSSR count). The maximum atomic E-state index is 12.0. The van der Waals surface area contributed by atoms with Crippen molar-refractivity contribution in [3.8, 4) is 11.5 Å². The van der Waals surface area contributed by atoms with E-state index in [1.54, 1.807) is 0 Å². The van der Waals surface area contributed by atoms with Crippen molar-refractivity contribution in [2.24, 2.45) is 0 Å². The van der Waals surface area contributed by atoms with Crippen LogP contribution in [0.25, 0.3) is 0 Å². The zero-order valence-electron chi connectivity index (χ0n) is 13.0. The number of nitrogens with one attached hydrogen (secondary N) is 2. The highest BCUT2D eigenvalue weighted by molar-refractivity contribution is 5.85.